The lowest BCUT2D eigenvalue weighted by molar-refractivity contribution is -0.135. The van der Waals surface area contributed by atoms with E-state index in [0.29, 0.717) is 0 Å². The van der Waals surface area contributed by atoms with Crippen molar-refractivity contribution in [2.45, 2.75) is 11.8 Å². The third kappa shape index (κ3) is 4.86. The molecule has 11 heteroatoms. The van der Waals surface area contributed by atoms with Crippen LogP contribution in [0.25, 0.3) is 0 Å². The Hall–Kier alpha value is -1.85. The molecule has 0 aliphatic carbocycles. The molecule has 0 aliphatic rings. The minimum atomic E-state index is -4.10. The highest BCUT2D eigenvalue weighted by Crippen LogP contribution is 2.27. The molecule has 22 heavy (non-hydrogen) atoms. The number of carbonyl (C=O) groups is 1. The fraction of sp³-hybridized carbons (Fsp3) is 0.364. The van der Waals surface area contributed by atoms with Gasteiger partial charge in [-0.1, -0.05) is 0 Å². The van der Waals surface area contributed by atoms with Gasteiger partial charge in [-0.05, 0) is 19.1 Å². The quantitative estimate of drug-likeness (QED) is 0.590. The highest BCUT2D eigenvalue weighted by atomic mass is 32.2. The number of sulfonamides is 2. The van der Waals surface area contributed by atoms with E-state index in [0.717, 1.165) is 6.07 Å². The fourth-order valence-corrected chi connectivity index (χ4v) is 3.19. The van der Waals surface area contributed by atoms with Crippen LogP contribution < -0.4 is 14.2 Å². The van der Waals surface area contributed by atoms with Crippen molar-refractivity contribution in [1.29, 1.82) is 0 Å². The molecule has 1 aromatic rings. The number of aliphatic carboxylic acids is 1. The number of carboxylic acids is 1. The van der Waals surface area contributed by atoms with Crippen molar-refractivity contribution in [3.63, 3.8) is 0 Å². The van der Waals surface area contributed by atoms with Crippen LogP contribution in [0, 0.1) is 0 Å². The number of rotatable bonds is 8. The number of benzene rings is 1. The van der Waals surface area contributed by atoms with Crippen molar-refractivity contribution in [3.05, 3.63) is 18.2 Å². The van der Waals surface area contributed by atoms with Crippen LogP contribution in [0.2, 0.25) is 0 Å². The summed E-state index contributed by atoms with van der Waals surface area (Å²) in [6.07, 6.45) is 0. The summed E-state index contributed by atoms with van der Waals surface area (Å²) in [7, 11) is -6.40. The van der Waals surface area contributed by atoms with E-state index in [1.807, 2.05) is 4.72 Å². The van der Waals surface area contributed by atoms with Crippen LogP contribution in [-0.4, -0.2) is 47.3 Å². The van der Waals surface area contributed by atoms with E-state index in [4.69, 9.17) is 9.84 Å². The average Bonchev–Trinajstić information content (AvgIpc) is 2.44. The second kappa shape index (κ2) is 6.94. The van der Waals surface area contributed by atoms with Crippen molar-refractivity contribution in [1.82, 2.24) is 4.72 Å². The van der Waals surface area contributed by atoms with E-state index in [1.54, 1.807) is 0 Å². The van der Waals surface area contributed by atoms with E-state index in [2.05, 4.69) is 4.72 Å². The molecule has 0 heterocycles. The lowest BCUT2D eigenvalue weighted by Gasteiger charge is -2.12. The Bertz CT molecular complexity index is 757. The molecule has 0 aromatic heterocycles. The molecule has 0 spiro atoms. The van der Waals surface area contributed by atoms with Crippen LogP contribution in [0.5, 0.6) is 5.75 Å². The van der Waals surface area contributed by atoms with Crippen LogP contribution in [0.4, 0.5) is 5.69 Å². The maximum atomic E-state index is 12.0. The molecule has 0 atom stereocenters. The van der Waals surface area contributed by atoms with Crippen LogP contribution in [0.3, 0.4) is 0 Å². The van der Waals surface area contributed by atoms with Crippen molar-refractivity contribution < 1.29 is 31.5 Å². The van der Waals surface area contributed by atoms with Gasteiger partial charge in [0.2, 0.25) is 20.0 Å². The highest BCUT2D eigenvalue weighted by molar-refractivity contribution is 7.92. The third-order valence-electron chi connectivity index (χ3n) is 2.52. The molecule has 1 aromatic carbocycles. The molecule has 0 radical (unpaired) electrons. The number of carboxylic acid groups (broad SMARTS) is 1. The Kier molecular flexibility index (Phi) is 5.74. The first-order valence-electron chi connectivity index (χ1n) is 6.01. The highest BCUT2D eigenvalue weighted by Gasteiger charge is 2.21. The molecule has 0 fully saturated rings. The summed E-state index contributed by atoms with van der Waals surface area (Å²) in [6, 6.07) is 3.56. The van der Waals surface area contributed by atoms with Gasteiger partial charge < -0.3 is 9.84 Å². The topological polar surface area (TPSA) is 139 Å². The van der Waals surface area contributed by atoms with Crippen LogP contribution in [0.15, 0.2) is 23.1 Å². The van der Waals surface area contributed by atoms with Crippen LogP contribution >= 0.6 is 0 Å². The summed E-state index contributed by atoms with van der Waals surface area (Å²) >= 11 is 0. The number of hydrogen-bond acceptors (Lipinski definition) is 6. The number of ether oxygens (including phenoxy) is 1. The largest absolute Gasteiger partial charge is 0.495 e. The van der Waals surface area contributed by atoms with Crippen molar-refractivity contribution >= 4 is 31.7 Å². The van der Waals surface area contributed by atoms with Gasteiger partial charge in [-0.3, -0.25) is 9.52 Å². The van der Waals surface area contributed by atoms with Gasteiger partial charge >= 0.3 is 5.97 Å². The van der Waals surface area contributed by atoms with Gasteiger partial charge in [-0.25, -0.2) is 16.8 Å². The summed E-state index contributed by atoms with van der Waals surface area (Å²) in [6.45, 7) is 0.671. The molecule has 0 saturated carbocycles. The predicted octanol–water partition coefficient (Wildman–Crippen LogP) is -0.180. The van der Waals surface area contributed by atoms with E-state index in [1.165, 1.54) is 26.2 Å². The van der Waals surface area contributed by atoms with Gasteiger partial charge in [0.25, 0.3) is 0 Å². The average molecular weight is 352 g/mol. The second-order valence-electron chi connectivity index (χ2n) is 4.09. The van der Waals surface area contributed by atoms with E-state index in [9.17, 15) is 21.6 Å². The fourth-order valence-electron chi connectivity index (χ4n) is 1.44. The summed E-state index contributed by atoms with van der Waals surface area (Å²) in [4.78, 5) is 10.1. The number of nitrogens with one attached hydrogen (secondary N) is 2. The number of anilines is 1. The monoisotopic (exact) mass is 352 g/mol. The molecule has 124 valence electrons. The summed E-state index contributed by atoms with van der Waals surface area (Å²) in [5.74, 6) is -1.60. The molecule has 0 unspecified atom stereocenters. The van der Waals surface area contributed by atoms with Gasteiger partial charge in [-0.15, -0.1) is 0 Å². The van der Waals surface area contributed by atoms with E-state index >= 15 is 0 Å². The Morgan fingerprint density at radius 1 is 1.27 bits per heavy atom. The molecule has 9 nitrogen and oxygen atoms in total. The Morgan fingerprint density at radius 2 is 1.91 bits per heavy atom. The summed E-state index contributed by atoms with van der Waals surface area (Å²) in [5.41, 5.74) is 0.135. The first-order valence-corrected chi connectivity index (χ1v) is 9.15. The Labute approximate surface area is 128 Å². The molecule has 3 N–H and O–H groups in total. The number of methoxy groups -OCH3 is 1. The molecule has 1 rings (SSSR count). The first kappa shape index (κ1) is 18.2. The van der Waals surface area contributed by atoms with Crippen molar-refractivity contribution in [3.8, 4) is 5.75 Å². The lowest BCUT2D eigenvalue weighted by atomic mass is 10.3. The lowest BCUT2D eigenvalue weighted by Crippen LogP contribution is -2.29. The van der Waals surface area contributed by atoms with Gasteiger partial charge in [0, 0.05) is 6.07 Å². The maximum absolute atomic E-state index is 12.0. The van der Waals surface area contributed by atoms with Gasteiger partial charge in [-0.2, -0.15) is 4.72 Å². The molecule has 0 aliphatic heterocycles. The SMILES string of the molecule is CCS(=O)(=O)Nc1ccc(S(=O)(=O)NCC(=O)O)c(OC)c1. The number of hydrogen-bond donors (Lipinski definition) is 3. The Morgan fingerprint density at radius 3 is 2.41 bits per heavy atom. The van der Waals surface area contributed by atoms with Gasteiger partial charge in [0.15, 0.2) is 0 Å². The van der Waals surface area contributed by atoms with Gasteiger partial charge in [0.1, 0.15) is 17.2 Å². The van der Waals surface area contributed by atoms with E-state index in [-0.39, 0.29) is 22.1 Å². The zero-order valence-electron chi connectivity index (χ0n) is 11.9. The summed E-state index contributed by atoms with van der Waals surface area (Å²) < 4.78 is 56.0. The van der Waals surface area contributed by atoms with Crippen LogP contribution in [0.1, 0.15) is 6.92 Å². The first-order chi connectivity index (χ1) is 10.1. The second-order valence-corrected chi connectivity index (χ2v) is 7.84. The van der Waals surface area contributed by atoms with E-state index < -0.39 is 32.6 Å². The minimum Gasteiger partial charge on any atom is -0.495 e. The standard InChI is InChI=1S/C11H16N2O7S2/c1-3-21(16,17)13-8-4-5-10(9(6-8)20-2)22(18,19)12-7-11(14)15/h4-6,12-13H,3,7H2,1-2H3,(H,14,15). The zero-order valence-corrected chi connectivity index (χ0v) is 13.5. The molecular weight excluding hydrogens is 336 g/mol. The Balaban J connectivity index is 3.16. The molecule has 0 saturated heterocycles. The summed E-state index contributed by atoms with van der Waals surface area (Å²) in [5, 5.41) is 8.51. The normalized spacial score (nSPS) is 11.9. The smallest absolute Gasteiger partial charge is 0.318 e. The van der Waals surface area contributed by atoms with Crippen molar-refractivity contribution in [2.75, 3.05) is 24.1 Å². The molecular formula is C11H16N2O7S2. The molecule has 0 bridgehead atoms. The minimum absolute atomic E-state index is 0.116. The third-order valence-corrected chi connectivity index (χ3v) is 5.27. The van der Waals surface area contributed by atoms with Crippen molar-refractivity contribution in [2.24, 2.45) is 0 Å². The zero-order chi connectivity index (χ0) is 17.0. The molecule has 0 amide bonds. The van der Waals surface area contributed by atoms with Crippen LogP contribution in [-0.2, 0) is 24.8 Å². The maximum Gasteiger partial charge on any atom is 0.318 e. The van der Waals surface area contributed by atoms with Gasteiger partial charge in [0.05, 0.1) is 18.6 Å². The predicted molar refractivity (Wildman–Crippen MR) is 78.9 cm³/mol.